The summed E-state index contributed by atoms with van der Waals surface area (Å²) in [7, 11) is 0. The number of anilines is 1. The van der Waals surface area contributed by atoms with Gasteiger partial charge in [-0.05, 0) is 38.0 Å². The third kappa shape index (κ3) is 3.10. The van der Waals surface area contributed by atoms with E-state index in [1.807, 2.05) is 6.92 Å². The molecule has 0 saturated carbocycles. The second kappa shape index (κ2) is 5.79. The quantitative estimate of drug-likeness (QED) is 0.892. The van der Waals surface area contributed by atoms with Crippen molar-refractivity contribution in [2.24, 2.45) is 5.41 Å². The summed E-state index contributed by atoms with van der Waals surface area (Å²) in [5.41, 5.74) is 0.948. The number of benzene rings is 1. The van der Waals surface area contributed by atoms with E-state index in [0.29, 0.717) is 24.2 Å². The summed E-state index contributed by atoms with van der Waals surface area (Å²) in [6, 6.07) is 5.14. The standard InChI is InChI=1S/C16H20N2O4/c1-10-4-5-12(17-11(2)19)8-13(10)14(20)18-7-6-16(3,9-18)15(21)22/h4-5,8H,6-7,9H2,1-3H3,(H,17,19)(H,21,22). The lowest BCUT2D eigenvalue weighted by Crippen LogP contribution is -2.35. The topological polar surface area (TPSA) is 86.7 Å². The normalized spacial score (nSPS) is 20.8. The number of aryl methyl sites for hydroxylation is 1. The van der Waals surface area contributed by atoms with Crippen molar-refractivity contribution >= 4 is 23.5 Å². The van der Waals surface area contributed by atoms with Gasteiger partial charge in [0.05, 0.1) is 5.41 Å². The highest BCUT2D eigenvalue weighted by Gasteiger charge is 2.42. The number of hydrogen-bond donors (Lipinski definition) is 2. The summed E-state index contributed by atoms with van der Waals surface area (Å²) in [6.07, 6.45) is 0.443. The van der Waals surface area contributed by atoms with Gasteiger partial charge in [0.25, 0.3) is 5.91 Å². The Bertz CT molecular complexity index is 641. The first-order valence-electron chi connectivity index (χ1n) is 7.14. The molecule has 0 aromatic heterocycles. The molecular formula is C16H20N2O4. The van der Waals surface area contributed by atoms with Crippen LogP contribution in [0.25, 0.3) is 0 Å². The van der Waals surface area contributed by atoms with Crippen LogP contribution in [0.15, 0.2) is 18.2 Å². The van der Waals surface area contributed by atoms with Gasteiger partial charge in [-0.3, -0.25) is 14.4 Å². The zero-order chi connectivity index (χ0) is 16.5. The van der Waals surface area contributed by atoms with Crippen LogP contribution in [0.2, 0.25) is 0 Å². The maximum atomic E-state index is 12.6. The first-order chi connectivity index (χ1) is 10.2. The molecule has 1 atom stereocenters. The van der Waals surface area contributed by atoms with E-state index < -0.39 is 11.4 Å². The van der Waals surface area contributed by atoms with E-state index in [0.717, 1.165) is 5.56 Å². The lowest BCUT2D eigenvalue weighted by atomic mass is 9.90. The van der Waals surface area contributed by atoms with Crippen LogP contribution in [-0.4, -0.2) is 40.9 Å². The SMILES string of the molecule is CC(=O)Nc1ccc(C)c(C(=O)N2CCC(C)(C(=O)O)C2)c1. The van der Waals surface area contributed by atoms with E-state index in [9.17, 15) is 19.5 Å². The average molecular weight is 304 g/mol. The number of carboxylic acids is 1. The number of amides is 2. The number of nitrogens with one attached hydrogen (secondary N) is 1. The number of likely N-dealkylation sites (tertiary alicyclic amines) is 1. The molecule has 6 nitrogen and oxygen atoms in total. The first-order valence-corrected chi connectivity index (χ1v) is 7.14. The minimum atomic E-state index is -0.890. The Morgan fingerprint density at radius 1 is 1.32 bits per heavy atom. The molecule has 118 valence electrons. The Balaban J connectivity index is 2.23. The van der Waals surface area contributed by atoms with Crippen molar-refractivity contribution in [1.29, 1.82) is 0 Å². The number of rotatable bonds is 3. The molecule has 2 rings (SSSR count). The van der Waals surface area contributed by atoms with E-state index in [1.54, 1.807) is 30.0 Å². The maximum Gasteiger partial charge on any atom is 0.311 e. The molecule has 6 heteroatoms. The Morgan fingerprint density at radius 2 is 2.00 bits per heavy atom. The van der Waals surface area contributed by atoms with Crippen molar-refractivity contribution in [2.45, 2.75) is 27.2 Å². The van der Waals surface area contributed by atoms with Crippen molar-refractivity contribution in [3.05, 3.63) is 29.3 Å². The summed E-state index contributed by atoms with van der Waals surface area (Å²) in [4.78, 5) is 36.6. The molecule has 1 unspecified atom stereocenters. The fourth-order valence-electron chi connectivity index (χ4n) is 2.61. The van der Waals surface area contributed by atoms with E-state index >= 15 is 0 Å². The average Bonchev–Trinajstić information content (AvgIpc) is 2.84. The van der Waals surface area contributed by atoms with E-state index in [4.69, 9.17) is 0 Å². The Morgan fingerprint density at radius 3 is 2.55 bits per heavy atom. The number of aliphatic carboxylic acids is 1. The lowest BCUT2D eigenvalue weighted by Gasteiger charge is -2.21. The molecule has 0 bridgehead atoms. The molecule has 1 aliphatic rings. The Hall–Kier alpha value is -2.37. The second-order valence-electron chi connectivity index (χ2n) is 6.05. The van der Waals surface area contributed by atoms with Gasteiger partial charge in [-0.2, -0.15) is 0 Å². The summed E-state index contributed by atoms with van der Waals surface area (Å²) in [5.74, 6) is -1.29. The highest BCUT2D eigenvalue weighted by molar-refractivity contribution is 5.98. The second-order valence-corrected chi connectivity index (χ2v) is 6.05. The van der Waals surface area contributed by atoms with Gasteiger partial charge in [0, 0.05) is 31.3 Å². The van der Waals surface area contributed by atoms with Gasteiger partial charge >= 0.3 is 5.97 Å². The smallest absolute Gasteiger partial charge is 0.311 e. The molecule has 1 fully saturated rings. The molecule has 0 spiro atoms. The van der Waals surface area contributed by atoms with Crippen LogP contribution < -0.4 is 5.32 Å². The molecule has 1 aromatic carbocycles. The predicted molar refractivity (Wildman–Crippen MR) is 81.7 cm³/mol. The molecule has 1 aromatic rings. The Labute approximate surface area is 129 Å². The molecule has 2 amide bonds. The van der Waals surface area contributed by atoms with Crippen LogP contribution in [-0.2, 0) is 9.59 Å². The molecule has 22 heavy (non-hydrogen) atoms. The van der Waals surface area contributed by atoms with Crippen LogP contribution in [0.3, 0.4) is 0 Å². The van der Waals surface area contributed by atoms with Crippen molar-refractivity contribution in [2.75, 3.05) is 18.4 Å². The molecular weight excluding hydrogens is 284 g/mol. The van der Waals surface area contributed by atoms with Gasteiger partial charge < -0.3 is 15.3 Å². The molecule has 1 aliphatic heterocycles. The van der Waals surface area contributed by atoms with Gasteiger partial charge in [-0.15, -0.1) is 0 Å². The van der Waals surface area contributed by atoms with Gasteiger partial charge in [0.1, 0.15) is 0 Å². The summed E-state index contributed by atoms with van der Waals surface area (Å²) in [5, 5.41) is 11.9. The summed E-state index contributed by atoms with van der Waals surface area (Å²) < 4.78 is 0. The van der Waals surface area contributed by atoms with Crippen LogP contribution in [0, 0.1) is 12.3 Å². The molecule has 0 radical (unpaired) electrons. The van der Waals surface area contributed by atoms with Gasteiger partial charge in [0.15, 0.2) is 0 Å². The van der Waals surface area contributed by atoms with E-state index in [2.05, 4.69) is 5.32 Å². The Kier molecular flexibility index (Phi) is 4.21. The third-order valence-electron chi connectivity index (χ3n) is 4.07. The van der Waals surface area contributed by atoms with Crippen LogP contribution >= 0.6 is 0 Å². The van der Waals surface area contributed by atoms with Crippen LogP contribution in [0.5, 0.6) is 0 Å². The van der Waals surface area contributed by atoms with Crippen molar-refractivity contribution in [3.8, 4) is 0 Å². The first kappa shape index (κ1) is 16.0. The summed E-state index contributed by atoms with van der Waals surface area (Å²) in [6.45, 7) is 5.50. The minimum Gasteiger partial charge on any atom is -0.481 e. The largest absolute Gasteiger partial charge is 0.481 e. The molecule has 2 N–H and O–H groups in total. The monoisotopic (exact) mass is 304 g/mol. The van der Waals surface area contributed by atoms with Crippen molar-refractivity contribution in [1.82, 2.24) is 4.90 Å². The highest BCUT2D eigenvalue weighted by Crippen LogP contribution is 2.31. The number of carbonyl (C=O) groups is 3. The molecule has 1 heterocycles. The van der Waals surface area contributed by atoms with Gasteiger partial charge in [-0.1, -0.05) is 6.07 Å². The van der Waals surface area contributed by atoms with Gasteiger partial charge in [0.2, 0.25) is 5.91 Å². The van der Waals surface area contributed by atoms with Crippen LogP contribution in [0.1, 0.15) is 36.2 Å². The van der Waals surface area contributed by atoms with E-state index in [-0.39, 0.29) is 18.4 Å². The van der Waals surface area contributed by atoms with Crippen molar-refractivity contribution in [3.63, 3.8) is 0 Å². The van der Waals surface area contributed by atoms with Crippen molar-refractivity contribution < 1.29 is 19.5 Å². The fraction of sp³-hybridized carbons (Fsp3) is 0.438. The predicted octanol–water partition coefficient (Wildman–Crippen LogP) is 1.89. The lowest BCUT2D eigenvalue weighted by molar-refractivity contribution is -0.147. The summed E-state index contributed by atoms with van der Waals surface area (Å²) >= 11 is 0. The number of hydrogen-bond acceptors (Lipinski definition) is 3. The highest BCUT2D eigenvalue weighted by atomic mass is 16.4. The minimum absolute atomic E-state index is 0.199. The third-order valence-corrected chi connectivity index (χ3v) is 4.07. The fourth-order valence-corrected chi connectivity index (χ4v) is 2.61. The number of carboxylic acid groups (broad SMARTS) is 1. The zero-order valence-corrected chi connectivity index (χ0v) is 13.0. The van der Waals surface area contributed by atoms with E-state index in [1.165, 1.54) is 6.92 Å². The molecule has 0 aliphatic carbocycles. The van der Waals surface area contributed by atoms with Gasteiger partial charge in [-0.25, -0.2) is 0 Å². The van der Waals surface area contributed by atoms with Crippen LogP contribution in [0.4, 0.5) is 5.69 Å². The maximum absolute atomic E-state index is 12.6. The number of nitrogens with zero attached hydrogens (tertiary/aromatic N) is 1. The molecule has 1 saturated heterocycles. The zero-order valence-electron chi connectivity index (χ0n) is 13.0. The number of carbonyl (C=O) groups excluding carboxylic acids is 2.